The zero-order valence-electron chi connectivity index (χ0n) is 14.8. The molecule has 0 radical (unpaired) electrons. The van der Waals surface area contributed by atoms with Gasteiger partial charge in [0.1, 0.15) is 0 Å². The van der Waals surface area contributed by atoms with Crippen LogP contribution >= 0.6 is 0 Å². The lowest BCUT2D eigenvalue weighted by atomic mass is 9.97. The molecule has 1 fully saturated rings. The first kappa shape index (κ1) is 19.4. The highest BCUT2D eigenvalue weighted by Crippen LogP contribution is 2.18. The van der Waals surface area contributed by atoms with E-state index in [4.69, 9.17) is 5.11 Å². The Labute approximate surface area is 151 Å². The number of Topliss-reactive ketones (excluding diaryl/α,β-unsaturated/α-hetero) is 1. The van der Waals surface area contributed by atoms with Crippen LogP contribution in [-0.4, -0.2) is 46.7 Å². The van der Waals surface area contributed by atoms with Gasteiger partial charge in [-0.3, -0.25) is 19.2 Å². The summed E-state index contributed by atoms with van der Waals surface area (Å²) in [5.74, 6) is -2.33. The van der Waals surface area contributed by atoms with Crippen molar-refractivity contribution in [3.8, 4) is 0 Å². The van der Waals surface area contributed by atoms with Gasteiger partial charge in [-0.2, -0.15) is 0 Å². The highest BCUT2D eigenvalue weighted by atomic mass is 16.4. The van der Waals surface area contributed by atoms with E-state index in [1.807, 2.05) is 0 Å². The predicted molar refractivity (Wildman–Crippen MR) is 95.8 cm³/mol. The average molecular weight is 358 g/mol. The second-order valence-corrected chi connectivity index (χ2v) is 6.38. The Morgan fingerprint density at radius 3 is 2.38 bits per heavy atom. The first-order chi connectivity index (χ1) is 12.3. The van der Waals surface area contributed by atoms with Gasteiger partial charge in [-0.15, -0.1) is 0 Å². The number of carboxylic acids is 1. The van der Waals surface area contributed by atoms with Gasteiger partial charge in [0.05, 0.1) is 5.92 Å². The van der Waals surface area contributed by atoms with Crippen molar-refractivity contribution >= 4 is 29.3 Å². The molecule has 0 spiro atoms. The number of carboxylic acid groups (broad SMARTS) is 1. The zero-order valence-corrected chi connectivity index (χ0v) is 14.8. The van der Waals surface area contributed by atoms with E-state index < -0.39 is 17.8 Å². The van der Waals surface area contributed by atoms with Crippen LogP contribution in [0.25, 0.3) is 0 Å². The Morgan fingerprint density at radius 2 is 1.81 bits per heavy atom. The lowest BCUT2D eigenvalue weighted by molar-refractivity contribution is -0.145. The second-order valence-electron chi connectivity index (χ2n) is 6.38. The number of ketones is 1. The average Bonchev–Trinajstić information content (AvgIpc) is 2.61. The molecule has 0 aromatic heterocycles. The Balaban J connectivity index is 1.98. The Morgan fingerprint density at radius 1 is 1.15 bits per heavy atom. The molecule has 0 aliphatic carbocycles. The van der Waals surface area contributed by atoms with Gasteiger partial charge < -0.3 is 15.3 Å². The maximum atomic E-state index is 12.4. The summed E-state index contributed by atoms with van der Waals surface area (Å²) >= 11 is 0. The Kier molecular flexibility index (Phi) is 6.27. The van der Waals surface area contributed by atoms with Gasteiger partial charge in [0.15, 0.2) is 5.78 Å². The maximum Gasteiger partial charge on any atom is 0.308 e. The molecule has 1 aromatic rings. The molecule has 0 bridgehead atoms. The molecular formula is C19H22N2O5. The normalized spacial score (nSPS) is 17.5. The number of nitrogens with zero attached hydrogens (tertiary/aromatic N) is 1. The van der Waals surface area contributed by atoms with E-state index in [1.165, 1.54) is 24.8 Å². The largest absolute Gasteiger partial charge is 0.481 e. The molecule has 138 valence electrons. The van der Waals surface area contributed by atoms with Crippen LogP contribution in [0.2, 0.25) is 0 Å². The molecule has 1 unspecified atom stereocenters. The molecule has 7 heteroatoms. The molecule has 1 aliphatic rings. The lowest BCUT2D eigenvalue weighted by Crippen LogP contribution is -2.42. The van der Waals surface area contributed by atoms with Crippen molar-refractivity contribution in [2.75, 3.05) is 18.4 Å². The number of aliphatic carboxylic acids is 1. The van der Waals surface area contributed by atoms with E-state index in [9.17, 15) is 19.2 Å². The van der Waals surface area contributed by atoms with Crippen molar-refractivity contribution in [2.45, 2.75) is 26.7 Å². The van der Waals surface area contributed by atoms with Gasteiger partial charge in [-0.05, 0) is 51.0 Å². The number of hydrogen-bond acceptors (Lipinski definition) is 4. The number of anilines is 1. The molecule has 26 heavy (non-hydrogen) atoms. The number of carbonyl (C=O) groups excluding carboxylic acids is 3. The zero-order chi connectivity index (χ0) is 19.3. The van der Waals surface area contributed by atoms with Crippen LogP contribution in [0.3, 0.4) is 0 Å². The first-order valence-corrected chi connectivity index (χ1v) is 8.40. The molecular weight excluding hydrogens is 336 g/mol. The number of piperidine rings is 1. The third-order valence-electron chi connectivity index (χ3n) is 4.30. The number of likely N-dealkylation sites (tertiary alicyclic amines) is 1. The van der Waals surface area contributed by atoms with Crippen molar-refractivity contribution in [2.24, 2.45) is 5.92 Å². The summed E-state index contributed by atoms with van der Waals surface area (Å²) in [4.78, 5) is 48.3. The van der Waals surface area contributed by atoms with Crippen molar-refractivity contribution in [1.29, 1.82) is 0 Å². The number of carbonyl (C=O) groups is 4. The van der Waals surface area contributed by atoms with Crippen molar-refractivity contribution < 1.29 is 24.3 Å². The molecule has 7 nitrogen and oxygen atoms in total. The molecule has 0 saturated carbocycles. The van der Waals surface area contributed by atoms with Crippen LogP contribution in [0.5, 0.6) is 0 Å². The smallest absolute Gasteiger partial charge is 0.308 e. The van der Waals surface area contributed by atoms with E-state index in [-0.39, 0.29) is 23.8 Å². The van der Waals surface area contributed by atoms with Gasteiger partial charge in [0.25, 0.3) is 0 Å². The van der Waals surface area contributed by atoms with Crippen LogP contribution < -0.4 is 5.32 Å². The monoisotopic (exact) mass is 358 g/mol. The Bertz CT molecular complexity index is 752. The predicted octanol–water partition coefficient (Wildman–Crippen LogP) is 2.10. The lowest BCUT2D eigenvalue weighted by Gasteiger charge is -2.30. The quantitative estimate of drug-likeness (QED) is 0.620. The van der Waals surface area contributed by atoms with Crippen LogP contribution in [0.4, 0.5) is 5.69 Å². The van der Waals surface area contributed by atoms with Gasteiger partial charge in [-0.1, -0.05) is 0 Å². The fraction of sp³-hybridized carbons (Fsp3) is 0.368. The van der Waals surface area contributed by atoms with E-state index in [1.54, 1.807) is 24.3 Å². The van der Waals surface area contributed by atoms with Crippen LogP contribution in [-0.2, 0) is 14.4 Å². The minimum Gasteiger partial charge on any atom is -0.481 e. The fourth-order valence-electron chi connectivity index (χ4n) is 2.84. The summed E-state index contributed by atoms with van der Waals surface area (Å²) in [6, 6.07) is 6.45. The van der Waals surface area contributed by atoms with Gasteiger partial charge in [0.2, 0.25) is 11.8 Å². The molecule has 1 atom stereocenters. The fourth-order valence-corrected chi connectivity index (χ4v) is 2.84. The molecule has 2 N–H and O–H groups in total. The molecule has 1 aromatic carbocycles. The molecule has 2 amide bonds. The van der Waals surface area contributed by atoms with Crippen LogP contribution in [0.1, 0.15) is 37.0 Å². The van der Waals surface area contributed by atoms with Crippen LogP contribution in [0.15, 0.2) is 35.9 Å². The van der Waals surface area contributed by atoms with Crippen molar-refractivity contribution in [1.82, 2.24) is 4.90 Å². The van der Waals surface area contributed by atoms with Crippen LogP contribution in [0, 0.1) is 5.92 Å². The van der Waals surface area contributed by atoms with E-state index in [2.05, 4.69) is 5.32 Å². The standard InChI is InChI=1S/C19H22N2O5/c1-12(18(24)21-9-3-4-15(11-21)19(25)26)10-17(23)20-16-7-5-14(6-8-16)13(2)22/h5-8,10,15H,3-4,9,11H2,1-2H3,(H,20,23)(H,25,26)/b12-10-. The van der Waals surface area contributed by atoms with Gasteiger partial charge in [0, 0.05) is 36.0 Å². The summed E-state index contributed by atoms with van der Waals surface area (Å²) < 4.78 is 0. The molecule has 1 saturated heterocycles. The third kappa shape index (κ3) is 5.02. The summed E-state index contributed by atoms with van der Waals surface area (Å²) in [6.45, 7) is 3.64. The summed E-state index contributed by atoms with van der Waals surface area (Å²) in [7, 11) is 0. The molecule has 1 heterocycles. The summed E-state index contributed by atoms with van der Waals surface area (Å²) in [5, 5.41) is 11.7. The molecule has 1 aliphatic heterocycles. The number of rotatable bonds is 5. The number of hydrogen-bond donors (Lipinski definition) is 2. The van der Waals surface area contributed by atoms with Crippen molar-refractivity contribution in [3.05, 3.63) is 41.5 Å². The number of nitrogens with one attached hydrogen (secondary N) is 1. The maximum absolute atomic E-state index is 12.4. The van der Waals surface area contributed by atoms with Gasteiger partial charge >= 0.3 is 5.97 Å². The number of benzene rings is 1. The molecule has 2 rings (SSSR count). The first-order valence-electron chi connectivity index (χ1n) is 8.40. The highest BCUT2D eigenvalue weighted by molar-refractivity contribution is 6.06. The third-order valence-corrected chi connectivity index (χ3v) is 4.30. The highest BCUT2D eigenvalue weighted by Gasteiger charge is 2.28. The number of amides is 2. The van der Waals surface area contributed by atoms with Gasteiger partial charge in [-0.25, -0.2) is 0 Å². The van der Waals surface area contributed by atoms with Crippen molar-refractivity contribution in [3.63, 3.8) is 0 Å². The second kappa shape index (κ2) is 8.42. The minimum absolute atomic E-state index is 0.0644. The topological polar surface area (TPSA) is 104 Å². The summed E-state index contributed by atoms with van der Waals surface area (Å²) in [5.41, 5.74) is 1.30. The van der Waals surface area contributed by atoms with E-state index in [0.717, 1.165) is 0 Å². The van der Waals surface area contributed by atoms with E-state index in [0.29, 0.717) is 30.6 Å². The Hall–Kier alpha value is -2.96. The van der Waals surface area contributed by atoms with E-state index >= 15 is 0 Å². The minimum atomic E-state index is -0.907. The SMILES string of the molecule is CC(=O)c1ccc(NC(=O)/C=C(/C)C(=O)N2CCCC(C(=O)O)C2)cc1. The summed E-state index contributed by atoms with van der Waals surface area (Å²) in [6.07, 6.45) is 2.38.